The van der Waals surface area contributed by atoms with E-state index in [1.165, 1.54) is 41.5 Å². The lowest BCUT2D eigenvalue weighted by atomic mass is 9.97. The van der Waals surface area contributed by atoms with E-state index < -0.39 is 0 Å². The Morgan fingerprint density at radius 2 is 1.82 bits per heavy atom. The molecule has 2 aromatic rings. The number of fused-ring (bicyclic) bond motifs is 3. The number of carbonyl (C=O) groups excluding carboxylic acids is 1. The summed E-state index contributed by atoms with van der Waals surface area (Å²) in [6.07, 6.45) is 9.85. The Hall–Kier alpha value is -1.77. The van der Waals surface area contributed by atoms with Gasteiger partial charge in [-0.25, -0.2) is 9.97 Å². The first kappa shape index (κ1) is 21.7. The normalized spacial score (nSPS) is 22.5. The van der Waals surface area contributed by atoms with Gasteiger partial charge >= 0.3 is 0 Å². The van der Waals surface area contributed by atoms with Gasteiger partial charge in [-0.2, -0.15) is 0 Å². The summed E-state index contributed by atoms with van der Waals surface area (Å²) in [5.41, 5.74) is 1.46. The highest BCUT2D eigenvalue weighted by atomic mass is 32.1. The first-order chi connectivity index (χ1) is 16.2. The van der Waals surface area contributed by atoms with Crippen LogP contribution in [0.1, 0.15) is 54.8 Å². The van der Waals surface area contributed by atoms with Crippen LogP contribution in [0, 0.1) is 5.92 Å². The van der Waals surface area contributed by atoms with Gasteiger partial charge in [0.1, 0.15) is 16.5 Å². The number of anilines is 1. The number of aromatic nitrogens is 2. The Balaban J connectivity index is 1.16. The van der Waals surface area contributed by atoms with E-state index in [0.717, 1.165) is 88.2 Å². The quantitative estimate of drug-likeness (QED) is 0.700. The van der Waals surface area contributed by atoms with Gasteiger partial charge in [-0.15, -0.1) is 11.3 Å². The first-order valence-electron chi connectivity index (χ1n) is 12.9. The van der Waals surface area contributed by atoms with Crippen molar-refractivity contribution in [2.24, 2.45) is 5.92 Å². The molecule has 0 aromatic carbocycles. The average Bonchev–Trinajstić information content (AvgIpc) is 3.61. The maximum Gasteiger partial charge on any atom is 0.230 e. The molecule has 0 atom stereocenters. The number of hydrogen-bond acceptors (Lipinski definition) is 7. The van der Waals surface area contributed by atoms with Crippen molar-refractivity contribution >= 4 is 33.3 Å². The molecule has 33 heavy (non-hydrogen) atoms. The summed E-state index contributed by atoms with van der Waals surface area (Å²) in [6, 6.07) is 0.584. The molecule has 0 spiro atoms. The van der Waals surface area contributed by atoms with Crippen LogP contribution in [-0.2, 0) is 28.8 Å². The number of morpholine rings is 1. The number of piperidine rings is 1. The van der Waals surface area contributed by atoms with Crippen LogP contribution in [-0.4, -0.2) is 77.7 Å². The number of nitrogens with zero attached hydrogens (tertiary/aromatic N) is 4. The third kappa shape index (κ3) is 4.75. The van der Waals surface area contributed by atoms with Crippen molar-refractivity contribution in [1.82, 2.24) is 19.8 Å². The van der Waals surface area contributed by atoms with Gasteiger partial charge in [-0.05, 0) is 62.8 Å². The highest BCUT2D eigenvalue weighted by Crippen LogP contribution is 2.39. The molecule has 2 saturated heterocycles. The van der Waals surface area contributed by atoms with Crippen molar-refractivity contribution < 1.29 is 9.53 Å². The lowest BCUT2D eigenvalue weighted by Crippen LogP contribution is -2.50. The van der Waals surface area contributed by atoms with E-state index in [1.54, 1.807) is 0 Å². The standard InChI is InChI=1S/C25H35N5O2S/c31-22(30-9-7-18(8-10-30)29-11-13-32-14-12-29)15-21-27-24(26-16-17-5-6-17)23-19-3-1-2-4-20(19)33-25(23)28-21/h17-18H,1-16H2,(H,26,27,28). The van der Waals surface area contributed by atoms with Gasteiger partial charge in [-0.3, -0.25) is 9.69 Å². The molecule has 8 heteroatoms. The number of ether oxygens (including phenoxy) is 1. The van der Waals surface area contributed by atoms with Gasteiger partial charge in [0.15, 0.2) is 0 Å². The summed E-state index contributed by atoms with van der Waals surface area (Å²) in [4.78, 5) is 30.1. The summed E-state index contributed by atoms with van der Waals surface area (Å²) in [5, 5.41) is 4.87. The molecule has 0 radical (unpaired) electrons. The Kier molecular flexibility index (Phi) is 6.24. The van der Waals surface area contributed by atoms with Gasteiger partial charge in [0.05, 0.1) is 25.0 Å². The number of hydrogen-bond donors (Lipinski definition) is 1. The Labute approximate surface area is 199 Å². The predicted molar refractivity (Wildman–Crippen MR) is 131 cm³/mol. The number of carbonyl (C=O) groups is 1. The zero-order valence-electron chi connectivity index (χ0n) is 19.5. The average molecular weight is 470 g/mol. The van der Waals surface area contributed by atoms with Gasteiger partial charge in [0.25, 0.3) is 0 Å². The van der Waals surface area contributed by atoms with Crippen LogP contribution in [0.2, 0.25) is 0 Å². The fraction of sp³-hybridized carbons (Fsp3) is 0.720. The molecule has 4 heterocycles. The van der Waals surface area contributed by atoms with Gasteiger partial charge in [0.2, 0.25) is 5.91 Å². The molecule has 4 aliphatic rings. The zero-order valence-corrected chi connectivity index (χ0v) is 20.3. The lowest BCUT2D eigenvalue weighted by molar-refractivity contribution is -0.132. The van der Waals surface area contributed by atoms with Gasteiger partial charge in [-0.1, -0.05) is 0 Å². The molecule has 6 rings (SSSR count). The predicted octanol–water partition coefficient (Wildman–Crippen LogP) is 3.26. The number of nitrogens with one attached hydrogen (secondary N) is 1. The Morgan fingerprint density at radius 1 is 1.03 bits per heavy atom. The lowest BCUT2D eigenvalue weighted by Gasteiger charge is -2.40. The second-order valence-electron chi connectivity index (χ2n) is 10.1. The van der Waals surface area contributed by atoms with Crippen molar-refractivity contribution in [3.05, 3.63) is 16.3 Å². The minimum absolute atomic E-state index is 0.171. The first-order valence-corrected chi connectivity index (χ1v) is 13.7. The van der Waals surface area contributed by atoms with Crippen LogP contribution in [0.15, 0.2) is 0 Å². The van der Waals surface area contributed by atoms with E-state index in [4.69, 9.17) is 14.7 Å². The molecular weight excluding hydrogens is 434 g/mol. The highest BCUT2D eigenvalue weighted by molar-refractivity contribution is 7.19. The number of likely N-dealkylation sites (tertiary alicyclic amines) is 1. The summed E-state index contributed by atoms with van der Waals surface area (Å²) in [7, 11) is 0. The largest absolute Gasteiger partial charge is 0.379 e. The van der Waals surface area contributed by atoms with Crippen LogP contribution in [0.5, 0.6) is 0 Å². The molecule has 1 N–H and O–H groups in total. The van der Waals surface area contributed by atoms with Crippen molar-refractivity contribution in [3.8, 4) is 0 Å². The molecule has 2 aliphatic heterocycles. The van der Waals surface area contributed by atoms with E-state index in [9.17, 15) is 4.79 Å². The van der Waals surface area contributed by atoms with Crippen LogP contribution in [0.25, 0.3) is 10.2 Å². The third-order valence-corrected chi connectivity index (χ3v) is 8.99. The maximum absolute atomic E-state index is 13.2. The Morgan fingerprint density at radius 3 is 2.61 bits per heavy atom. The van der Waals surface area contributed by atoms with Gasteiger partial charge in [0, 0.05) is 43.6 Å². The van der Waals surface area contributed by atoms with E-state index in [2.05, 4.69) is 10.2 Å². The van der Waals surface area contributed by atoms with Crippen molar-refractivity contribution in [2.45, 2.75) is 63.8 Å². The molecule has 2 aromatic heterocycles. The molecule has 7 nitrogen and oxygen atoms in total. The number of amides is 1. The molecule has 1 amide bonds. The smallest absolute Gasteiger partial charge is 0.230 e. The Bertz CT molecular complexity index is 1010. The molecule has 2 aliphatic carbocycles. The summed E-state index contributed by atoms with van der Waals surface area (Å²) in [5.74, 6) is 2.60. The van der Waals surface area contributed by atoms with Crippen LogP contribution >= 0.6 is 11.3 Å². The van der Waals surface area contributed by atoms with Crippen molar-refractivity contribution in [3.63, 3.8) is 0 Å². The summed E-state index contributed by atoms with van der Waals surface area (Å²) >= 11 is 1.82. The molecular formula is C25H35N5O2S. The van der Waals surface area contributed by atoms with Crippen LogP contribution < -0.4 is 5.32 Å². The van der Waals surface area contributed by atoms with Gasteiger partial charge < -0.3 is 15.0 Å². The summed E-state index contributed by atoms with van der Waals surface area (Å²) < 4.78 is 5.49. The maximum atomic E-state index is 13.2. The number of rotatable bonds is 6. The van der Waals surface area contributed by atoms with E-state index >= 15 is 0 Å². The van der Waals surface area contributed by atoms with E-state index in [0.29, 0.717) is 18.3 Å². The highest BCUT2D eigenvalue weighted by Gasteiger charge is 2.29. The zero-order chi connectivity index (χ0) is 22.2. The number of thiophene rings is 1. The fourth-order valence-corrected chi connectivity index (χ4v) is 6.92. The molecule has 1 saturated carbocycles. The monoisotopic (exact) mass is 469 g/mol. The molecule has 3 fully saturated rings. The van der Waals surface area contributed by atoms with Crippen LogP contribution in [0.3, 0.4) is 0 Å². The summed E-state index contributed by atoms with van der Waals surface area (Å²) in [6.45, 7) is 6.37. The SMILES string of the molecule is O=C(Cc1nc(NCC2CC2)c2c3c(sc2n1)CCCC3)N1CCC(N2CCOCC2)CC1. The topological polar surface area (TPSA) is 70.6 Å². The number of aryl methyl sites for hydroxylation is 2. The second kappa shape index (κ2) is 9.47. The molecule has 0 unspecified atom stereocenters. The van der Waals surface area contributed by atoms with Crippen molar-refractivity contribution in [1.29, 1.82) is 0 Å². The minimum Gasteiger partial charge on any atom is -0.379 e. The van der Waals surface area contributed by atoms with Crippen LogP contribution in [0.4, 0.5) is 5.82 Å². The third-order valence-electron chi connectivity index (χ3n) is 7.80. The fourth-order valence-electron chi connectivity index (χ4n) is 5.64. The van der Waals surface area contributed by atoms with Crippen molar-refractivity contribution in [2.75, 3.05) is 51.3 Å². The van der Waals surface area contributed by atoms with E-state index in [1.807, 2.05) is 16.2 Å². The molecule has 0 bridgehead atoms. The second-order valence-corrected chi connectivity index (χ2v) is 11.2. The minimum atomic E-state index is 0.171. The van der Waals surface area contributed by atoms with E-state index in [-0.39, 0.29) is 5.91 Å². The molecule has 178 valence electrons.